The number of allylic oxidation sites excluding steroid dienone is 1. The topological polar surface area (TPSA) is 17.1 Å². The van der Waals surface area contributed by atoms with Crippen LogP contribution in [0.1, 0.15) is 28.8 Å². The number of Topliss-reactive ketones (excluding diaryl/α,β-unsaturated/α-hetero) is 1. The number of hydrogen-bond donors (Lipinski definition) is 0. The van der Waals surface area contributed by atoms with Crippen LogP contribution in [0.4, 0.5) is 13.2 Å². The molecule has 138 valence electrons. The van der Waals surface area contributed by atoms with Crippen LogP contribution in [0.2, 0.25) is 10.0 Å². The molecule has 7 heteroatoms. The Morgan fingerprint density at radius 1 is 1.08 bits per heavy atom. The molecular weight excluding hydrogens is 452 g/mol. The van der Waals surface area contributed by atoms with Gasteiger partial charge in [-0.3, -0.25) is 4.79 Å². The van der Waals surface area contributed by atoms with E-state index in [1.807, 2.05) is 0 Å². The van der Waals surface area contributed by atoms with Gasteiger partial charge in [0, 0.05) is 26.5 Å². The van der Waals surface area contributed by atoms with Gasteiger partial charge in [0.05, 0.1) is 0 Å². The molecule has 0 amide bonds. The molecule has 0 heterocycles. The highest BCUT2D eigenvalue weighted by Crippen LogP contribution is 2.48. The minimum absolute atomic E-state index is 0.0706. The third kappa shape index (κ3) is 4.51. The maximum atomic E-state index is 14.2. The first-order chi connectivity index (χ1) is 12.1. The Bertz CT molecular complexity index is 798. The zero-order valence-electron chi connectivity index (χ0n) is 13.4. The van der Waals surface area contributed by atoms with Gasteiger partial charge in [0.15, 0.2) is 5.78 Å². The van der Waals surface area contributed by atoms with E-state index in [0.29, 0.717) is 0 Å². The van der Waals surface area contributed by atoms with Crippen molar-refractivity contribution in [2.24, 2.45) is 0 Å². The maximum absolute atomic E-state index is 14.2. The molecular formula is C19H14BrCl2F3O. The monoisotopic (exact) mass is 464 g/mol. The largest absolute Gasteiger partial charge is 0.399 e. The van der Waals surface area contributed by atoms with E-state index in [-0.39, 0.29) is 21.2 Å². The average molecular weight is 466 g/mol. The van der Waals surface area contributed by atoms with Crippen LogP contribution in [0, 0.1) is 0 Å². The fourth-order valence-corrected chi connectivity index (χ4v) is 3.55. The molecule has 26 heavy (non-hydrogen) atoms. The molecule has 1 nitrogen and oxygen atoms in total. The second-order valence-electron chi connectivity index (χ2n) is 5.84. The summed E-state index contributed by atoms with van der Waals surface area (Å²) >= 11 is 15.1. The summed E-state index contributed by atoms with van der Waals surface area (Å²) in [4.78, 5) is 12.6. The van der Waals surface area contributed by atoms with Gasteiger partial charge >= 0.3 is 6.18 Å². The van der Waals surface area contributed by atoms with E-state index in [2.05, 4.69) is 22.5 Å². The van der Waals surface area contributed by atoms with Crippen molar-refractivity contribution >= 4 is 44.9 Å². The molecule has 0 bridgehead atoms. The van der Waals surface area contributed by atoms with Crippen LogP contribution < -0.4 is 0 Å². The van der Waals surface area contributed by atoms with Crippen LogP contribution in [0.15, 0.2) is 59.6 Å². The van der Waals surface area contributed by atoms with Crippen molar-refractivity contribution in [3.05, 3.63) is 80.8 Å². The smallest absolute Gasteiger partial charge is 0.294 e. The van der Waals surface area contributed by atoms with Crippen molar-refractivity contribution in [1.29, 1.82) is 0 Å². The van der Waals surface area contributed by atoms with Crippen LogP contribution in [0.5, 0.6) is 0 Å². The van der Waals surface area contributed by atoms with Crippen molar-refractivity contribution in [2.45, 2.75) is 24.4 Å². The molecule has 0 fully saturated rings. The predicted octanol–water partition coefficient (Wildman–Crippen LogP) is 7.41. The molecule has 0 spiro atoms. The fraction of sp³-hybridized carbons (Fsp3) is 0.211. The number of rotatable bonds is 6. The quantitative estimate of drug-likeness (QED) is 0.320. The normalized spacial score (nSPS) is 13.9. The van der Waals surface area contributed by atoms with E-state index in [0.717, 1.165) is 10.5 Å². The highest BCUT2D eigenvalue weighted by atomic mass is 79.9. The third-order valence-corrected chi connectivity index (χ3v) is 5.04. The first-order valence-electron chi connectivity index (χ1n) is 7.52. The molecule has 2 aromatic rings. The van der Waals surface area contributed by atoms with Gasteiger partial charge in [0.2, 0.25) is 0 Å². The Kier molecular flexibility index (Phi) is 6.59. The van der Waals surface area contributed by atoms with E-state index in [9.17, 15) is 18.0 Å². The van der Waals surface area contributed by atoms with Crippen LogP contribution in [0.3, 0.4) is 0 Å². The van der Waals surface area contributed by atoms with Crippen molar-refractivity contribution in [3.63, 3.8) is 0 Å². The van der Waals surface area contributed by atoms with Gasteiger partial charge in [-0.15, -0.1) is 6.58 Å². The molecule has 2 rings (SSSR count). The van der Waals surface area contributed by atoms with Gasteiger partial charge in [-0.05, 0) is 42.3 Å². The van der Waals surface area contributed by atoms with Crippen molar-refractivity contribution in [3.8, 4) is 0 Å². The summed E-state index contributed by atoms with van der Waals surface area (Å²) in [7, 11) is 0. The number of carbonyl (C=O) groups is 1. The first kappa shape index (κ1) is 21.0. The Hall–Kier alpha value is -1.30. The van der Waals surface area contributed by atoms with Gasteiger partial charge in [-0.25, -0.2) is 0 Å². The highest BCUT2D eigenvalue weighted by Gasteiger charge is 2.56. The lowest BCUT2D eigenvalue weighted by molar-refractivity contribution is -0.189. The molecule has 0 radical (unpaired) electrons. The Balaban J connectivity index is 2.57. The SMILES string of the molecule is C=CCC(CC(=O)c1ccc(Br)cc1)(c1cc(Cl)cc(Cl)c1)C(F)(F)F. The van der Waals surface area contributed by atoms with E-state index in [4.69, 9.17) is 23.2 Å². The fourth-order valence-electron chi connectivity index (χ4n) is 2.76. The zero-order chi connectivity index (χ0) is 19.5. The molecule has 0 N–H and O–H groups in total. The second-order valence-corrected chi connectivity index (χ2v) is 7.63. The van der Waals surface area contributed by atoms with Crippen LogP contribution in [-0.2, 0) is 5.41 Å². The summed E-state index contributed by atoms with van der Waals surface area (Å²) in [5.41, 5.74) is -2.43. The summed E-state index contributed by atoms with van der Waals surface area (Å²) in [5, 5.41) is 0.141. The van der Waals surface area contributed by atoms with Gasteiger partial charge in [0.1, 0.15) is 5.41 Å². The van der Waals surface area contributed by atoms with Crippen molar-refractivity contribution in [1.82, 2.24) is 0 Å². The van der Waals surface area contributed by atoms with Crippen molar-refractivity contribution in [2.75, 3.05) is 0 Å². The standard InChI is InChI=1S/C19H14BrCl2F3O/c1-2-7-18(19(23,24)25,13-8-15(21)10-16(22)9-13)11-17(26)12-3-5-14(20)6-4-12/h2-6,8-10H,1,7,11H2. The predicted molar refractivity (Wildman–Crippen MR) is 102 cm³/mol. The van der Waals surface area contributed by atoms with Gasteiger partial charge in [-0.2, -0.15) is 13.2 Å². The van der Waals surface area contributed by atoms with Gasteiger partial charge < -0.3 is 0 Å². The molecule has 0 aromatic heterocycles. The number of alkyl halides is 3. The molecule has 0 aliphatic carbocycles. The molecule has 0 saturated carbocycles. The molecule has 0 aliphatic rings. The van der Waals surface area contributed by atoms with E-state index in [1.165, 1.54) is 30.3 Å². The summed E-state index contributed by atoms with van der Waals surface area (Å²) < 4.78 is 43.2. The Morgan fingerprint density at radius 2 is 1.62 bits per heavy atom. The van der Waals surface area contributed by atoms with E-state index in [1.54, 1.807) is 12.1 Å². The summed E-state index contributed by atoms with van der Waals surface area (Å²) in [6, 6.07) is 9.90. The molecule has 0 saturated heterocycles. The summed E-state index contributed by atoms with van der Waals surface area (Å²) in [6.45, 7) is 3.44. The zero-order valence-corrected chi connectivity index (χ0v) is 16.5. The minimum atomic E-state index is -4.71. The van der Waals surface area contributed by atoms with Gasteiger partial charge in [0.25, 0.3) is 0 Å². The number of benzene rings is 2. The van der Waals surface area contributed by atoms with Crippen molar-refractivity contribution < 1.29 is 18.0 Å². The lowest BCUT2D eigenvalue weighted by Gasteiger charge is -2.35. The van der Waals surface area contributed by atoms with E-state index < -0.39 is 30.2 Å². The Morgan fingerprint density at radius 3 is 2.08 bits per heavy atom. The van der Waals surface area contributed by atoms with Crippen LogP contribution in [0.25, 0.3) is 0 Å². The first-order valence-corrected chi connectivity index (χ1v) is 9.07. The molecule has 1 atom stereocenters. The molecule has 1 unspecified atom stereocenters. The maximum Gasteiger partial charge on any atom is 0.399 e. The molecule has 2 aromatic carbocycles. The molecule has 0 aliphatic heterocycles. The Labute approximate surface area is 167 Å². The summed E-state index contributed by atoms with van der Waals surface area (Å²) in [6.07, 6.45) is -4.81. The van der Waals surface area contributed by atoms with Crippen LogP contribution >= 0.6 is 39.1 Å². The number of ketones is 1. The van der Waals surface area contributed by atoms with Crippen LogP contribution in [-0.4, -0.2) is 12.0 Å². The number of carbonyl (C=O) groups excluding carboxylic acids is 1. The lowest BCUT2D eigenvalue weighted by atomic mass is 9.72. The van der Waals surface area contributed by atoms with E-state index >= 15 is 0 Å². The highest BCUT2D eigenvalue weighted by molar-refractivity contribution is 9.10. The van der Waals surface area contributed by atoms with Gasteiger partial charge in [-0.1, -0.05) is 57.3 Å². The number of hydrogen-bond acceptors (Lipinski definition) is 1. The third-order valence-electron chi connectivity index (χ3n) is 4.08. The average Bonchev–Trinajstić information content (AvgIpc) is 2.52. The minimum Gasteiger partial charge on any atom is -0.294 e. The number of halogens is 6. The summed E-state index contributed by atoms with van der Waals surface area (Å²) in [5.74, 6) is -0.632. The second kappa shape index (κ2) is 8.15. The lowest BCUT2D eigenvalue weighted by Crippen LogP contribution is -2.44.